The summed E-state index contributed by atoms with van der Waals surface area (Å²) >= 11 is 0. The number of carbonyl (C=O) groups excluding carboxylic acids is 1. The van der Waals surface area contributed by atoms with Crippen molar-refractivity contribution in [2.45, 2.75) is 51.4 Å². The van der Waals surface area contributed by atoms with Crippen LogP contribution in [0.5, 0.6) is 0 Å². The van der Waals surface area contributed by atoms with Crippen LogP contribution in [-0.4, -0.2) is 5.78 Å². The van der Waals surface area contributed by atoms with Crippen LogP contribution in [0.15, 0.2) is 11.6 Å². The Labute approximate surface area is 86.6 Å². The van der Waals surface area contributed by atoms with Gasteiger partial charge in [-0.1, -0.05) is 11.6 Å². The van der Waals surface area contributed by atoms with Gasteiger partial charge in [0.25, 0.3) is 0 Å². The van der Waals surface area contributed by atoms with E-state index >= 15 is 0 Å². The summed E-state index contributed by atoms with van der Waals surface area (Å²) in [5.41, 5.74) is 1.35. The number of ketones is 1. The lowest BCUT2D eigenvalue weighted by atomic mass is 9.94. The molecule has 0 radical (unpaired) electrons. The molecule has 0 aliphatic heterocycles. The van der Waals surface area contributed by atoms with Crippen LogP contribution >= 0.6 is 0 Å². The predicted octanol–water partition coefficient (Wildman–Crippen LogP) is 3.25. The van der Waals surface area contributed by atoms with Crippen molar-refractivity contribution in [3.63, 3.8) is 0 Å². The molecule has 0 heterocycles. The summed E-state index contributed by atoms with van der Waals surface area (Å²) in [4.78, 5) is 11.5. The Morgan fingerprint density at radius 1 is 1.50 bits per heavy atom. The summed E-state index contributed by atoms with van der Waals surface area (Å²) in [6.07, 6.45) is 15.1. The molecular weight excluding hydrogens is 172 g/mol. The molecule has 1 rings (SSSR count). The van der Waals surface area contributed by atoms with Crippen LogP contribution < -0.4 is 0 Å². The Hall–Kier alpha value is -1.03. The molecule has 0 atom stereocenters. The number of allylic oxidation sites excluding steroid dienone is 2. The highest BCUT2D eigenvalue weighted by Gasteiger charge is 2.08. The second-order valence-corrected chi connectivity index (χ2v) is 3.88. The first-order valence-corrected chi connectivity index (χ1v) is 5.46. The Balaban J connectivity index is 2.19. The molecule has 0 saturated carbocycles. The standard InChI is InChI=1S/C13H18O/c1-2-3-5-10-13(14)11-12-8-6-4-7-9-12/h1,8H,3-7,9-11H2. The first-order chi connectivity index (χ1) is 6.83. The molecule has 76 valence electrons. The molecule has 1 aliphatic carbocycles. The predicted molar refractivity (Wildman–Crippen MR) is 58.9 cm³/mol. The van der Waals surface area contributed by atoms with Crippen LogP contribution in [-0.2, 0) is 4.79 Å². The Kier molecular flexibility index (Phi) is 5.07. The summed E-state index contributed by atoms with van der Waals surface area (Å²) < 4.78 is 0. The fourth-order valence-electron chi connectivity index (χ4n) is 1.79. The number of rotatable bonds is 5. The lowest BCUT2D eigenvalue weighted by Crippen LogP contribution is -2.02. The third-order valence-electron chi connectivity index (χ3n) is 2.59. The van der Waals surface area contributed by atoms with E-state index in [0.717, 1.165) is 25.7 Å². The minimum Gasteiger partial charge on any atom is -0.299 e. The van der Waals surface area contributed by atoms with Crippen molar-refractivity contribution in [3.05, 3.63) is 11.6 Å². The van der Waals surface area contributed by atoms with Crippen LogP contribution in [0.2, 0.25) is 0 Å². The van der Waals surface area contributed by atoms with Crippen LogP contribution in [0.3, 0.4) is 0 Å². The molecule has 1 nitrogen and oxygen atoms in total. The summed E-state index contributed by atoms with van der Waals surface area (Å²) in [5, 5.41) is 0. The third kappa shape index (κ3) is 4.28. The molecule has 0 unspecified atom stereocenters. The topological polar surface area (TPSA) is 17.1 Å². The van der Waals surface area contributed by atoms with Gasteiger partial charge in [-0.25, -0.2) is 0 Å². The number of Topliss-reactive ketones (excluding diaryl/α,β-unsaturated/α-hetero) is 1. The van der Waals surface area contributed by atoms with E-state index in [2.05, 4.69) is 12.0 Å². The molecule has 0 fully saturated rings. The quantitative estimate of drug-likeness (QED) is 0.369. The summed E-state index contributed by atoms with van der Waals surface area (Å²) in [5.74, 6) is 2.91. The SMILES string of the molecule is C#CCCCC(=O)CC1=CCCCC1. The maximum Gasteiger partial charge on any atom is 0.136 e. The van der Waals surface area contributed by atoms with Crippen molar-refractivity contribution in [3.8, 4) is 12.3 Å². The number of hydrogen-bond acceptors (Lipinski definition) is 1. The van der Waals surface area contributed by atoms with E-state index in [1.165, 1.54) is 18.4 Å². The van der Waals surface area contributed by atoms with Gasteiger partial charge >= 0.3 is 0 Å². The first-order valence-electron chi connectivity index (χ1n) is 5.46. The van der Waals surface area contributed by atoms with E-state index in [-0.39, 0.29) is 0 Å². The van der Waals surface area contributed by atoms with Gasteiger partial charge in [0.05, 0.1) is 0 Å². The Bertz CT molecular complexity index is 255. The first kappa shape index (κ1) is 11.0. The third-order valence-corrected chi connectivity index (χ3v) is 2.59. The van der Waals surface area contributed by atoms with Gasteiger partial charge in [-0.3, -0.25) is 4.79 Å². The Morgan fingerprint density at radius 3 is 3.00 bits per heavy atom. The van der Waals surface area contributed by atoms with Crippen molar-refractivity contribution in [2.24, 2.45) is 0 Å². The molecule has 0 aromatic heterocycles. The lowest BCUT2D eigenvalue weighted by Gasteiger charge is -2.11. The molecule has 14 heavy (non-hydrogen) atoms. The van der Waals surface area contributed by atoms with Crippen molar-refractivity contribution < 1.29 is 4.79 Å². The molecule has 1 heteroatoms. The maximum atomic E-state index is 11.5. The van der Waals surface area contributed by atoms with Crippen LogP contribution in [0, 0.1) is 12.3 Å². The largest absolute Gasteiger partial charge is 0.299 e. The van der Waals surface area contributed by atoms with E-state index < -0.39 is 0 Å². The number of carbonyl (C=O) groups is 1. The van der Waals surface area contributed by atoms with Gasteiger partial charge < -0.3 is 0 Å². The van der Waals surface area contributed by atoms with E-state index in [0.29, 0.717) is 18.6 Å². The molecule has 0 bridgehead atoms. The summed E-state index contributed by atoms with van der Waals surface area (Å²) in [6, 6.07) is 0. The highest BCUT2D eigenvalue weighted by molar-refractivity contribution is 5.80. The van der Waals surface area contributed by atoms with E-state index in [1.807, 2.05) is 0 Å². The second-order valence-electron chi connectivity index (χ2n) is 3.88. The van der Waals surface area contributed by atoms with Gasteiger partial charge in [-0.05, 0) is 32.1 Å². The molecule has 0 aromatic carbocycles. The number of unbranched alkanes of at least 4 members (excludes halogenated alkanes) is 1. The summed E-state index contributed by atoms with van der Waals surface area (Å²) in [6.45, 7) is 0. The van der Waals surface area contributed by atoms with Crippen molar-refractivity contribution in [1.82, 2.24) is 0 Å². The van der Waals surface area contributed by atoms with Crippen molar-refractivity contribution in [1.29, 1.82) is 0 Å². The molecule has 0 spiro atoms. The van der Waals surface area contributed by atoms with Crippen molar-refractivity contribution >= 4 is 5.78 Å². The van der Waals surface area contributed by atoms with E-state index in [1.54, 1.807) is 0 Å². The number of terminal acetylenes is 1. The van der Waals surface area contributed by atoms with Gasteiger partial charge in [-0.2, -0.15) is 0 Å². The molecular formula is C13H18O. The zero-order valence-electron chi connectivity index (χ0n) is 8.72. The molecule has 1 aliphatic rings. The molecule has 0 saturated heterocycles. The van der Waals surface area contributed by atoms with Crippen LogP contribution in [0.25, 0.3) is 0 Å². The van der Waals surface area contributed by atoms with Crippen LogP contribution in [0.4, 0.5) is 0 Å². The van der Waals surface area contributed by atoms with E-state index in [4.69, 9.17) is 6.42 Å². The average molecular weight is 190 g/mol. The molecule has 0 N–H and O–H groups in total. The van der Waals surface area contributed by atoms with Gasteiger partial charge in [-0.15, -0.1) is 12.3 Å². The molecule has 0 aromatic rings. The van der Waals surface area contributed by atoms with Crippen molar-refractivity contribution in [2.75, 3.05) is 0 Å². The maximum absolute atomic E-state index is 11.5. The zero-order valence-corrected chi connectivity index (χ0v) is 8.72. The monoisotopic (exact) mass is 190 g/mol. The summed E-state index contributed by atoms with van der Waals surface area (Å²) in [7, 11) is 0. The normalized spacial score (nSPS) is 15.8. The second kappa shape index (κ2) is 6.43. The van der Waals surface area contributed by atoms with Gasteiger partial charge in [0.2, 0.25) is 0 Å². The fraction of sp³-hybridized carbons (Fsp3) is 0.615. The van der Waals surface area contributed by atoms with Gasteiger partial charge in [0.1, 0.15) is 5.78 Å². The van der Waals surface area contributed by atoms with Gasteiger partial charge in [0.15, 0.2) is 0 Å². The smallest absolute Gasteiger partial charge is 0.136 e. The minimum absolute atomic E-state index is 0.355. The molecule has 0 amide bonds. The fourth-order valence-corrected chi connectivity index (χ4v) is 1.79. The highest BCUT2D eigenvalue weighted by atomic mass is 16.1. The van der Waals surface area contributed by atoms with Crippen LogP contribution in [0.1, 0.15) is 51.4 Å². The minimum atomic E-state index is 0.355. The Morgan fingerprint density at radius 2 is 2.36 bits per heavy atom. The highest BCUT2D eigenvalue weighted by Crippen LogP contribution is 2.20. The lowest BCUT2D eigenvalue weighted by molar-refractivity contribution is -0.118. The van der Waals surface area contributed by atoms with E-state index in [9.17, 15) is 4.79 Å². The number of hydrogen-bond donors (Lipinski definition) is 0. The average Bonchev–Trinajstić information content (AvgIpc) is 2.20. The van der Waals surface area contributed by atoms with Gasteiger partial charge in [0, 0.05) is 19.3 Å². The zero-order chi connectivity index (χ0) is 10.2.